The van der Waals surface area contributed by atoms with Crippen LogP contribution in [0.2, 0.25) is 0 Å². The summed E-state index contributed by atoms with van der Waals surface area (Å²) < 4.78 is 5.03. The first-order chi connectivity index (χ1) is 9.35. The van der Waals surface area contributed by atoms with E-state index >= 15 is 0 Å². The lowest BCUT2D eigenvalue weighted by Crippen LogP contribution is -2.34. The highest BCUT2D eigenvalue weighted by atomic mass is 16.5. The molecule has 0 spiro atoms. The number of aromatic carboxylic acids is 1. The number of nitrogens with zero attached hydrogens (tertiary/aromatic N) is 1. The number of nitrogens with one attached hydrogen (secondary N) is 1. The Morgan fingerprint density at radius 1 is 1.40 bits per heavy atom. The van der Waals surface area contributed by atoms with Crippen molar-refractivity contribution in [2.75, 3.05) is 20.3 Å². The number of carboxylic acid groups (broad SMARTS) is 1. The zero-order chi connectivity index (χ0) is 15.2. The molecule has 20 heavy (non-hydrogen) atoms. The number of hydrogen-bond acceptors (Lipinski definition) is 4. The number of amides is 1. The number of aromatic nitrogens is 1. The van der Waals surface area contributed by atoms with E-state index in [1.807, 2.05) is 13.8 Å². The molecule has 0 aliphatic rings. The molecular formula is C14H20N2O4. The second kappa shape index (κ2) is 7.00. The highest BCUT2D eigenvalue weighted by Gasteiger charge is 2.19. The molecule has 0 radical (unpaired) electrons. The van der Waals surface area contributed by atoms with Crippen molar-refractivity contribution in [3.8, 4) is 0 Å². The van der Waals surface area contributed by atoms with Gasteiger partial charge in [0.2, 0.25) is 0 Å². The van der Waals surface area contributed by atoms with Crippen molar-refractivity contribution in [1.29, 1.82) is 0 Å². The molecule has 0 atom stereocenters. The van der Waals surface area contributed by atoms with Gasteiger partial charge in [-0.15, -0.1) is 0 Å². The van der Waals surface area contributed by atoms with Crippen molar-refractivity contribution in [3.05, 3.63) is 29.6 Å². The predicted molar refractivity (Wildman–Crippen MR) is 73.8 cm³/mol. The molecule has 1 amide bonds. The van der Waals surface area contributed by atoms with Gasteiger partial charge in [-0.25, -0.2) is 9.78 Å². The van der Waals surface area contributed by atoms with Gasteiger partial charge in [-0.2, -0.15) is 0 Å². The van der Waals surface area contributed by atoms with Gasteiger partial charge < -0.3 is 15.2 Å². The highest BCUT2D eigenvalue weighted by Crippen LogP contribution is 2.18. The van der Waals surface area contributed by atoms with Crippen molar-refractivity contribution in [2.24, 2.45) is 5.41 Å². The SMILES string of the molecule is COCCC(C)(C)CNC(=O)c1ccc(C(=O)O)nc1. The van der Waals surface area contributed by atoms with Crippen molar-refractivity contribution in [3.63, 3.8) is 0 Å². The van der Waals surface area contributed by atoms with Crippen molar-refractivity contribution >= 4 is 11.9 Å². The van der Waals surface area contributed by atoms with Gasteiger partial charge in [0.1, 0.15) is 5.69 Å². The van der Waals surface area contributed by atoms with Crippen LogP contribution in [0.5, 0.6) is 0 Å². The summed E-state index contributed by atoms with van der Waals surface area (Å²) in [6, 6.07) is 2.77. The van der Waals surface area contributed by atoms with E-state index in [1.165, 1.54) is 18.3 Å². The molecule has 1 heterocycles. The molecule has 110 valence electrons. The molecule has 1 aromatic rings. The Bertz CT molecular complexity index is 469. The van der Waals surface area contributed by atoms with Crippen LogP contribution in [0, 0.1) is 5.41 Å². The van der Waals surface area contributed by atoms with Crippen LogP contribution in [0.15, 0.2) is 18.3 Å². The number of carboxylic acids is 1. The minimum absolute atomic E-state index is 0.0693. The number of ether oxygens (including phenoxy) is 1. The predicted octanol–water partition coefficient (Wildman–Crippen LogP) is 1.57. The number of carbonyl (C=O) groups is 2. The first-order valence-corrected chi connectivity index (χ1v) is 6.32. The van der Waals surface area contributed by atoms with Gasteiger partial charge in [-0.3, -0.25) is 4.79 Å². The summed E-state index contributed by atoms with van der Waals surface area (Å²) in [6.07, 6.45) is 2.10. The fraction of sp³-hybridized carbons (Fsp3) is 0.500. The van der Waals surface area contributed by atoms with Gasteiger partial charge in [-0.1, -0.05) is 13.8 Å². The Balaban J connectivity index is 2.56. The quantitative estimate of drug-likeness (QED) is 0.791. The molecule has 0 bridgehead atoms. The second-order valence-corrected chi connectivity index (χ2v) is 5.33. The maximum absolute atomic E-state index is 11.9. The minimum atomic E-state index is -1.11. The zero-order valence-corrected chi connectivity index (χ0v) is 12.0. The van der Waals surface area contributed by atoms with Crippen LogP contribution in [-0.4, -0.2) is 42.2 Å². The third-order valence-corrected chi connectivity index (χ3v) is 2.96. The van der Waals surface area contributed by atoms with E-state index in [-0.39, 0.29) is 17.0 Å². The van der Waals surface area contributed by atoms with Gasteiger partial charge in [0, 0.05) is 26.5 Å². The Kier molecular flexibility index (Phi) is 5.64. The van der Waals surface area contributed by atoms with Gasteiger partial charge in [0.25, 0.3) is 5.91 Å². The molecule has 0 aliphatic heterocycles. The highest BCUT2D eigenvalue weighted by molar-refractivity contribution is 5.94. The third kappa shape index (κ3) is 4.97. The lowest BCUT2D eigenvalue weighted by molar-refractivity contribution is 0.0689. The van der Waals surface area contributed by atoms with Crippen molar-refractivity contribution < 1.29 is 19.4 Å². The molecule has 0 saturated heterocycles. The largest absolute Gasteiger partial charge is 0.477 e. The van der Waals surface area contributed by atoms with Gasteiger partial charge in [0.15, 0.2) is 0 Å². The van der Waals surface area contributed by atoms with Crippen molar-refractivity contribution in [2.45, 2.75) is 20.3 Å². The lowest BCUT2D eigenvalue weighted by atomic mass is 9.89. The van der Waals surface area contributed by atoms with E-state index < -0.39 is 5.97 Å². The molecule has 2 N–H and O–H groups in total. The summed E-state index contributed by atoms with van der Waals surface area (Å²) in [4.78, 5) is 26.3. The molecular weight excluding hydrogens is 260 g/mol. The summed E-state index contributed by atoms with van der Waals surface area (Å²) >= 11 is 0. The Morgan fingerprint density at radius 3 is 2.60 bits per heavy atom. The number of pyridine rings is 1. The summed E-state index contributed by atoms with van der Waals surface area (Å²) in [5.74, 6) is -1.38. The molecule has 0 unspecified atom stereocenters. The number of rotatable bonds is 7. The molecule has 6 heteroatoms. The van der Waals surface area contributed by atoms with Crippen LogP contribution in [0.25, 0.3) is 0 Å². The summed E-state index contributed by atoms with van der Waals surface area (Å²) in [7, 11) is 1.64. The molecule has 0 saturated carbocycles. The zero-order valence-electron chi connectivity index (χ0n) is 12.0. The third-order valence-electron chi connectivity index (χ3n) is 2.96. The maximum Gasteiger partial charge on any atom is 0.354 e. The van der Waals surface area contributed by atoms with Crippen LogP contribution in [-0.2, 0) is 4.74 Å². The molecule has 6 nitrogen and oxygen atoms in total. The van der Waals surface area contributed by atoms with E-state index in [4.69, 9.17) is 9.84 Å². The number of hydrogen-bond donors (Lipinski definition) is 2. The second-order valence-electron chi connectivity index (χ2n) is 5.33. The van der Waals surface area contributed by atoms with E-state index in [0.29, 0.717) is 18.7 Å². The molecule has 1 aromatic heterocycles. The fourth-order valence-corrected chi connectivity index (χ4v) is 1.54. The summed E-state index contributed by atoms with van der Waals surface area (Å²) in [5.41, 5.74) is 0.194. The molecule has 0 aromatic carbocycles. The van der Waals surface area contributed by atoms with E-state index in [0.717, 1.165) is 6.42 Å². The Hall–Kier alpha value is -1.95. The minimum Gasteiger partial charge on any atom is -0.477 e. The Morgan fingerprint density at radius 2 is 2.10 bits per heavy atom. The smallest absolute Gasteiger partial charge is 0.354 e. The van der Waals surface area contributed by atoms with Crippen LogP contribution >= 0.6 is 0 Å². The normalized spacial score (nSPS) is 11.2. The van der Waals surface area contributed by atoms with Crippen LogP contribution < -0.4 is 5.32 Å². The van der Waals surface area contributed by atoms with E-state index in [9.17, 15) is 9.59 Å². The number of carbonyl (C=O) groups excluding carboxylic acids is 1. The van der Waals surface area contributed by atoms with Crippen LogP contribution in [0.3, 0.4) is 0 Å². The molecule has 0 fully saturated rings. The van der Waals surface area contributed by atoms with E-state index in [1.54, 1.807) is 7.11 Å². The average Bonchev–Trinajstić information content (AvgIpc) is 2.43. The van der Waals surface area contributed by atoms with Crippen LogP contribution in [0.1, 0.15) is 41.1 Å². The maximum atomic E-state index is 11.9. The fourth-order valence-electron chi connectivity index (χ4n) is 1.54. The monoisotopic (exact) mass is 280 g/mol. The van der Waals surface area contributed by atoms with E-state index in [2.05, 4.69) is 10.3 Å². The van der Waals surface area contributed by atoms with Crippen molar-refractivity contribution in [1.82, 2.24) is 10.3 Å². The molecule has 0 aliphatic carbocycles. The van der Waals surface area contributed by atoms with Gasteiger partial charge in [-0.05, 0) is 24.0 Å². The summed E-state index contributed by atoms with van der Waals surface area (Å²) in [5, 5.41) is 11.5. The average molecular weight is 280 g/mol. The van der Waals surface area contributed by atoms with Gasteiger partial charge in [0.05, 0.1) is 5.56 Å². The van der Waals surface area contributed by atoms with Gasteiger partial charge >= 0.3 is 5.97 Å². The number of methoxy groups -OCH3 is 1. The topological polar surface area (TPSA) is 88.5 Å². The Labute approximate surface area is 118 Å². The first kappa shape index (κ1) is 16.1. The molecule has 1 rings (SSSR count). The first-order valence-electron chi connectivity index (χ1n) is 6.32. The standard InChI is InChI=1S/C14H20N2O4/c1-14(2,6-7-20-3)9-16-12(17)10-4-5-11(13(18)19)15-8-10/h4-5,8H,6-7,9H2,1-3H3,(H,16,17)(H,18,19). The van der Waals surface area contributed by atoms with Crippen LogP contribution in [0.4, 0.5) is 0 Å². The summed E-state index contributed by atoms with van der Waals surface area (Å²) in [6.45, 7) is 5.23. The lowest BCUT2D eigenvalue weighted by Gasteiger charge is -2.24.